The van der Waals surface area contributed by atoms with Gasteiger partial charge in [-0.05, 0) is 30.7 Å². The molecule has 124 valence electrons. The predicted molar refractivity (Wildman–Crippen MR) is 93.1 cm³/mol. The Balaban J connectivity index is 2.00. The van der Waals surface area contributed by atoms with Crippen LogP contribution in [0.1, 0.15) is 52.5 Å². The summed E-state index contributed by atoms with van der Waals surface area (Å²) in [6.07, 6.45) is 3.70. The van der Waals surface area contributed by atoms with Crippen LogP contribution < -0.4 is 5.32 Å². The standard InChI is InChI=1S/C16H20Cl2N4O/c1-16(2,3)8-12(23)20-15-19-11-7-10(17)13(18)21-14(11)22(15)9-5-4-6-9/h7,9H,4-6,8H2,1-3H3,(H,19,20,23). The molecule has 0 radical (unpaired) electrons. The molecule has 23 heavy (non-hydrogen) atoms. The fraction of sp³-hybridized carbons (Fsp3) is 0.562. The van der Waals surface area contributed by atoms with Crippen LogP contribution in [0.25, 0.3) is 11.2 Å². The smallest absolute Gasteiger partial charge is 0.227 e. The van der Waals surface area contributed by atoms with Gasteiger partial charge in [-0.3, -0.25) is 14.7 Å². The van der Waals surface area contributed by atoms with Gasteiger partial charge in [-0.2, -0.15) is 0 Å². The monoisotopic (exact) mass is 354 g/mol. The molecule has 0 bridgehead atoms. The van der Waals surface area contributed by atoms with E-state index in [0.717, 1.165) is 12.8 Å². The van der Waals surface area contributed by atoms with Crippen molar-refractivity contribution >= 4 is 46.2 Å². The van der Waals surface area contributed by atoms with Crippen molar-refractivity contribution in [3.8, 4) is 0 Å². The summed E-state index contributed by atoms with van der Waals surface area (Å²) in [7, 11) is 0. The fourth-order valence-corrected chi connectivity index (χ4v) is 2.99. The predicted octanol–water partition coefficient (Wildman–Crippen LogP) is 4.84. The molecule has 0 aromatic carbocycles. The van der Waals surface area contributed by atoms with Crippen LogP contribution in [-0.2, 0) is 4.79 Å². The minimum atomic E-state index is -0.0811. The van der Waals surface area contributed by atoms with E-state index in [1.165, 1.54) is 6.42 Å². The summed E-state index contributed by atoms with van der Waals surface area (Å²) in [5.41, 5.74) is 1.25. The average Bonchev–Trinajstić information content (AvgIpc) is 2.64. The highest BCUT2D eigenvalue weighted by Gasteiger charge is 2.27. The molecule has 0 saturated heterocycles. The first-order valence-corrected chi connectivity index (χ1v) is 8.54. The van der Waals surface area contributed by atoms with Crippen LogP contribution in [-0.4, -0.2) is 20.4 Å². The van der Waals surface area contributed by atoms with E-state index in [9.17, 15) is 4.79 Å². The van der Waals surface area contributed by atoms with Gasteiger partial charge in [0.25, 0.3) is 0 Å². The Hall–Kier alpha value is -1.33. The third kappa shape index (κ3) is 3.45. The van der Waals surface area contributed by atoms with Crippen molar-refractivity contribution < 1.29 is 4.79 Å². The van der Waals surface area contributed by atoms with Gasteiger partial charge in [-0.15, -0.1) is 0 Å². The van der Waals surface area contributed by atoms with Gasteiger partial charge in [0.1, 0.15) is 10.7 Å². The zero-order chi connectivity index (χ0) is 16.8. The highest BCUT2D eigenvalue weighted by atomic mass is 35.5. The third-order valence-electron chi connectivity index (χ3n) is 3.96. The first kappa shape index (κ1) is 16.5. The summed E-state index contributed by atoms with van der Waals surface area (Å²) in [5, 5.41) is 3.55. The molecule has 1 N–H and O–H groups in total. The Morgan fingerprint density at radius 1 is 1.35 bits per heavy atom. The first-order valence-electron chi connectivity index (χ1n) is 7.78. The van der Waals surface area contributed by atoms with Gasteiger partial charge in [0.05, 0.1) is 5.02 Å². The second-order valence-corrected chi connectivity index (χ2v) is 8.04. The van der Waals surface area contributed by atoms with Gasteiger partial charge >= 0.3 is 0 Å². The van der Waals surface area contributed by atoms with Crippen molar-refractivity contribution in [1.82, 2.24) is 14.5 Å². The van der Waals surface area contributed by atoms with E-state index in [-0.39, 0.29) is 16.5 Å². The molecule has 1 aliphatic carbocycles. The number of carbonyl (C=O) groups is 1. The lowest BCUT2D eigenvalue weighted by molar-refractivity contribution is -0.117. The van der Waals surface area contributed by atoms with Crippen molar-refractivity contribution in [2.75, 3.05) is 5.32 Å². The van der Waals surface area contributed by atoms with Crippen LogP contribution in [0.5, 0.6) is 0 Å². The summed E-state index contributed by atoms with van der Waals surface area (Å²) < 4.78 is 1.99. The number of nitrogens with one attached hydrogen (secondary N) is 1. The van der Waals surface area contributed by atoms with Crippen molar-refractivity contribution in [2.24, 2.45) is 5.41 Å². The molecular formula is C16H20Cl2N4O. The summed E-state index contributed by atoms with van der Waals surface area (Å²) in [6.45, 7) is 6.09. The Labute approximate surface area is 145 Å². The molecule has 1 saturated carbocycles. The molecule has 5 nitrogen and oxygen atoms in total. The zero-order valence-electron chi connectivity index (χ0n) is 13.5. The van der Waals surface area contributed by atoms with Crippen LogP contribution in [0, 0.1) is 5.41 Å². The molecule has 0 aliphatic heterocycles. The SMILES string of the molecule is CC(C)(C)CC(=O)Nc1nc2cc(Cl)c(Cl)nc2n1C1CCC1. The number of carbonyl (C=O) groups excluding carboxylic acids is 1. The van der Waals surface area contributed by atoms with Crippen molar-refractivity contribution in [2.45, 2.75) is 52.5 Å². The minimum absolute atomic E-state index is 0.0504. The Morgan fingerprint density at radius 3 is 2.61 bits per heavy atom. The summed E-state index contributed by atoms with van der Waals surface area (Å²) >= 11 is 12.1. The number of anilines is 1. The van der Waals surface area contributed by atoms with Crippen molar-refractivity contribution in [3.05, 3.63) is 16.2 Å². The van der Waals surface area contributed by atoms with E-state index < -0.39 is 0 Å². The van der Waals surface area contributed by atoms with E-state index in [1.54, 1.807) is 6.07 Å². The van der Waals surface area contributed by atoms with Crippen LogP contribution >= 0.6 is 23.2 Å². The maximum Gasteiger partial charge on any atom is 0.227 e. The minimum Gasteiger partial charge on any atom is -0.296 e. The average molecular weight is 355 g/mol. The number of pyridine rings is 1. The number of hydrogen-bond acceptors (Lipinski definition) is 3. The first-order chi connectivity index (χ1) is 10.7. The number of rotatable bonds is 3. The molecule has 2 aromatic heterocycles. The van der Waals surface area contributed by atoms with Crippen LogP contribution in [0.4, 0.5) is 5.95 Å². The Morgan fingerprint density at radius 2 is 2.04 bits per heavy atom. The number of aromatic nitrogens is 3. The van der Waals surface area contributed by atoms with Gasteiger partial charge < -0.3 is 0 Å². The molecule has 0 spiro atoms. The summed E-state index contributed by atoms with van der Waals surface area (Å²) in [4.78, 5) is 21.2. The molecule has 7 heteroatoms. The Kier molecular flexibility index (Phi) is 4.27. The fourth-order valence-electron chi connectivity index (χ4n) is 2.71. The largest absolute Gasteiger partial charge is 0.296 e. The second kappa shape index (κ2) is 5.95. The molecule has 1 aliphatic rings. The van der Waals surface area contributed by atoms with Crippen LogP contribution in [0.15, 0.2) is 6.07 Å². The molecule has 2 aromatic rings. The molecule has 3 rings (SSSR count). The van der Waals surface area contributed by atoms with Crippen molar-refractivity contribution in [1.29, 1.82) is 0 Å². The molecule has 1 amide bonds. The van der Waals surface area contributed by atoms with Gasteiger partial charge in [0, 0.05) is 12.5 Å². The van der Waals surface area contributed by atoms with E-state index in [1.807, 2.05) is 25.3 Å². The maximum atomic E-state index is 12.3. The molecule has 2 heterocycles. The highest BCUT2D eigenvalue weighted by molar-refractivity contribution is 6.41. The maximum absolute atomic E-state index is 12.3. The number of halogens is 2. The van der Waals surface area contributed by atoms with E-state index in [2.05, 4.69) is 15.3 Å². The molecular weight excluding hydrogens is 335 g/mol. The van der Waals surface area contributed by atoms with Gasteiger partial charge in [-0.25, -0.2) is 9.97 Å². The number of hydrogen-bond donors (Lipinski definition) is 1. The number of nitrogens with zero attached hydrogens (tertiary/aromatic N) is 3. The molecule has 0 unspecified atom stereocenters. The van der Waals surface area contributed by atoms with E-state index in [0.29, 0.717) is 34.6 Å². The second-order valence-electron chi connectivity index (χ2n) is 7.28. The number of imidazole rings is 1. The van der Waals surface area contributed by atoms with E-state index >= 15 is 0 Å². The van der Waals surface area contributed by atoms with E-state index in [4.69, 9.17) is 23.2 Å². The normalized spacial score (nSPS) is 15.7. The lowest BCUT2D eigenvalue weighted by Gasteiger charge is -2.28. The summed E-state index contributed by atoms with van der Waals surface area (Å²) in [6, 6.07) is 2.00. The highest BCUT2D eigenvalue weighted by Crippen LogP contribution is 2.38. The van der Waals surface area contributed by atoms with Crippen LogP contribution in [0.2, 0.25) is 10.2 Å². The number of fused-ring (bicyclic) bond motifs is 1. The lowest BCUT2D eigenvalue weighted by atomic mass is 9.92. The van der Waals surface area contributed by atoms with Crippen LogP contribution in [0.3, 0.4) is 0 Å². The molecule has 1 fully saturated rings. The third-order valence-corrected chi connectivity index (χ3v) is 4.63. The zero-order valence-corrected chi connectivity index (χ0v) is 15.0. The number of amides is 1. The van der Waals surface area contributed by atoms with Gasteiger partial charge in [0.15, 0.2) is 5.65 Å². The molecule has 0 atom stereocenters. The lowest BCUT2D eigenvalue weighted by Crippen LogP contribution is -2.24. The Bertz CT molecular complexity index is 760. The quantitative estimate of drug-likeness (QED) is 0.802. The van der Waals surface area contributed by atoms with Gasteiger partial charge in [0.2, 0.25) is 11.9 Å². The van der Waals surface area contributed by atoms with Gasteiger partial charge in [-0.1, -0.05) is 44.0 Å². The topological polar surface area (TPSA) is 59.8 Å². The van der Waals surface area contributed by atoms with Crippen molar-refractivity contribution in [3.63, 3.8) is 0 Å². The summed E-state index contributed by atoms with van der Waals surface area (Å²) in [5.74, 6) is 0.482.